The number of carbonyl (C=O) groups excluding carboxylic acids is 1. The Morgan fingerprint density at radius 1 is 1.11 bits per heavy atom. The average Bonchev–Trinajstić information content (AvgIpc) is 2.63. The van der Waals surface area contributed by atoms with Gasteiger partial charge < -0.3 is 14.2 Å². The van der Waals surface area contributed by atoms with E-state index >= 15 is 0 Å². The van der Waals surface area contributed by atoms with Gasteiger partial charge in [0.05, 0.1) is 17.7 Å². The number of ether oxygens (including phenoxy) is 3. The quantitative estimate of drug-likeness (QED) is 0.411. The van der Waals surface area contributed by atoms with Crippen LogP contribution in [0.25, 0.3) is 0 Å². The van der Waals surface area contributed by atoms with Gasteiger partial charge in [0.2, 0.25) is 0 Å². The molecule has 0 unspecified atom stereocenters. The van der Waals surface area contributed by atoms with Gasteiger partial charge >= 0.3 is 5.97 Å². The highest BCUT2D eigenvalue weighted by molar-refractivity contribution is 6.31. The van der Waals surface area contributed by atoms with Crippen molar-refractivity contribution < 1.29 is 27.8 Å². The zero-order chi connectivity index (χ0) is 20.0. The molecule has 0 aromatic heterocycles. The maximum atomic E-state index is 13.3. The van der Waals surface area contributed by atoms with E-state index in [1.165, 1.54) is 12.1 Å². The largest absolute Gasteiger partial charge is 0.493 e. The minimum absolute atomic E-state index is 0.0281. The lowest BCUT2D eigenvalue weighted by atomic mass is 10.1. The smallest absolute Gasteiger partial charge is 0.310 e. The van der Waals surface area contributed by atoms with Gasteiger partial charge in [0, 0.05) is 11.4 Å². The van der Waals surface area contributed by atoms with Gasteiger partial charge in [0.25, 0.3) is 6.43 Å². The predicted molar refractivity (Wildman–Crippen MR) is 99.0 cm³/mol. The Labute approximate surface area is 162 Å². The van der Waals surface area contributed by atoms with Gasteiger partial charge in [0.1, 0.15) is 23.9 Å². The van der Waals surface area contributed by atoms with Gasteiger partial charge in [-0.3, -0.25) is 4.79 Å². The van der Waals surface area contributed by atoms with Crippen LogP contribution in [0.4, 0.5) is 8.78 Å². The van der Waals surface area contributed by atoms with Crippen molar-refractivity contribution in [3.05, 3.63) is 52.0 Å². The van der Waals surface area contributed by atoms with Crippen LogP contribution in [0.3, 0.4) is 0 Å². The minimum Gasteiger partial charge on any atom is -0.493 e. The van der Waals surface area contributed by atoms with E-state index in [0.717, 1.165) is 0 Å². The molecule has 2 aromatic rings. The fourth-order valence-electron chi connectivity index (χ4n) is 2.40. The third kappa shape index (κ3) is 5.32. The molecule has 2 aromatic carbocycles. The van der Waals surface area contributed by atoms with Crippen molar-refractivity contribution >= 4 is 17.6 Å². The summed E-state index contributed by atoms with van der Waals surface area (Å²) < 4.78 is 43.2. The summed E-state index contributed by atoms with van der Waals surface area (Å²) in [6.07, 6.45) is -2.52. The second kappa shape index (κ2) is 9.55. The first-order valence-corrected chi connectivity index (χ1v) is 8.91. The number of hydrogen-bond acceptors (Lipinski definition) is 4. The van der Waals surface area contributed by atoms with Crippen LogP contribution in [0, 0.1) is 6.92 Å². The van der Waals surface area contributed by atoms with E-state index in [0.29, 0.717) is 28.5 Å². The Morgan fingerprint density at radius 3 is 2.44 bits per heavy atom. The topological polar surface area (TPSA) is 44.8 Å². The Kier molecular flexibility index (Phi) is 7.42. The highest BCUT2D eigenvalue weighted by Crippen LogP contribution is 2.36. The van der Waals surface area contributed by atoms with E-state index in [9.17, 15) is 13.6 Å². The van der Waals surface area contributed by atoms with E-state index in [-0.39, 0.29) is 30.1 Å². The summed E-state index contributed by atoms with van der Waals surface area (Å²) in [5.41, 5.74) is 0.738. The lowest BCUT2D eigenvalue weighted by Crippen LogP contribution is -2.10. The third-order valence-corrected chi connectivity index (χ3v) is 4.21. The summed E-state index contributed by atoms with van der Waals surface area (Å²) in [5.74, 6) is 0.275. The maximum Gasteiger partial charge on any atom is 0.310 e. The number of hydrogen-bond donors (Lipinski definition) is 0. The summed E-state index contributed by atoms with van der Waals surface area (Å²) >= 11 is 6.05. The zero-order valence-corrected chi connectivity index (χ0v) is 16.1. The first kappa shape index (κ1) is 21.0. The molecular weight excluding hydrogens is 378 g/mol. The summed E-state index contributed by atoms with van der Waals surface area (Å²) in [7, 11) is 0. The van der Waals surface area contributed by atoms with Crippen molar-refractivity contribution in [2.24, 2.45) is 0 Å². The lowest BCUT2D eigenvalue weighted by Gasteiger charge is -2.17. The first-order valence-electron chi connectivity index (χ1n) is 8.53. The van der Waals surface area contributed by atoms with Crippen LogP contribution in [-0.4, -0.2) is 12.6 Å². The summed E-state index contributed by atoms with van der Waals surface area (Å²) in [6, 6.07) is 7.64. The molecule has 0 saturated heterocycles. The molecule has 0 N–H and O–H groups in total. The molecule has 4 nitrogen and oxygen atoms in total. The molecule has 0 spiro atoms. The van der Waals surface area contributed by atoms with E-state index in [1.807, 2.05) is 6.92 Å². The van der Waals surface area contributed by atoms with Crippen LogP contribution >= 0.6 is 11.6 Å². The Balaban J connectivity index is 2.36. The van der Waals surface area contributed by atoms with Crippen molar-refractivity contribution in [1.29, 1.82) is 0 Å². The minimum atomic E-state index is -2.71. The summed E-state index contributed by atoms with van der Waals surface area (Å²) in [6.45, 7) is 5.39. The number of carbonyl (C=O) groups is 1. The number of alkyl halides is 2. The van der Waals surface area contributed by atoms with Crippen molar-refractivity contribution in [2.45, 2.75) is 40.2 Å². The maximum absolute atomic E-state index is 13.3. The Morgan fingerprint density at radius 2 is 1.81 bits per heavy atom. The van der Waals surface area contributed by atoms with E-state index in [2.05, 4.69) is 0 Å². The fraction of sp³-hybridized carbons (Fsp3) is 0.350. The molecule has 0 bridgehead atoms. The molecule has 2 rings (SSSR count). The Hall–Kier alpha value is -2.34. The second-order valence-corrected chi connectivity index (χ2v) is 6.13. The molecule has 0 fully saturated rings. The number of aryl methyl sites for hydroxylation is 1. The van der Waals surface area contributed by atoms with Crippen molar-refractivity contribution in [3.63, 3.8) is 0 Å². The molecule has 146 valence electrons. The molecule has 27 heavy (non-hydrogen) atoms. The monoisotopic (exact) mass is 398 g/mol. The number of esters is 1. The molecule has 0 radical (unpaired) electrons. The van der Waals surface area contributed by atoms with Crippen LogP contribution in [0.15, 0.2) is 30.3 Å². The molecule has 7 heteroatoms. The van der Waals surface area contributed by atoms with E-state index < -0.39 is 12.4 Å². The molecule has 0 amide bonds. The second-order valence-electron chi connectivity index (χ2n) is 5.72. The highest BCUT2D eigenvalue weighted by atomic mass is 35.5. The summed E-state index contributed by atoms with van der Waals surface area (Å²) in [5, 5.41) is 0.324. The number of halogens is 3. The standard InChI is InChI=1S/C20H21ClF2O4/c1-4-19(24)27-17-8-6-7-16(25-5-2)14(17)11-26-18-10-15(21)12(3)9-13(18)20(22)23/h6-10,20H,4-5,11H2,1-3H3. The normalized spacial score (nSPS) is 10.8. The average molecular weight is 399 g/mol. The highest BCUT2D eigenvalue weighted by Gasteiger charge is 2.19. The SMILES string of the molecule is CCOc1cccc(OC(=O)CC)c1COc1cc(Cl)c(C)cc1C(F)F. The molecule has 0 atom stereocenters. The first-order chi connectivity index (χ1) is 12.9. The fourth-order valence-corrected chi connectivity index (χ4v) is 2.55. The number of rotatable bonds is 8. The molecule has 0 aliphatic rings. The van der Waals surface area contributed by atoms with E-state index in [1.54, 1.807) is 32.0 Å². The van der Waals surface area contributed by atoms with Crippen LogP contribution < -0.4 is 14.2 Å². The van der Waals surface area contributed by atoms with Crippen LogP contribution in [0.2, 0.25) is 5.02 Å². The van der Waals surface area contributed by atoms with Crippen LogP contribution in [-0.2, 0) is 11.4 Å². The van der Waals surface area contributed by atoms with E-state index in [4.69, 9.17) is 25.8 Å². The van der Waals surface area contributed by atoms with Gasteiger partial charge in [-0.2, -0.15) is 0 Å². The summed E-state index contributed by atoms with van der Waals surface area (Å²) in [4.78, 5) is 11.7. The van der Waals surface area contributed by atoms with Crippen LogP contribution in [0.1, 0.15) is 43.4 Å². The van der Waals surface area contributed by atoms with Gasteiger partial charge in [-0.15, -0.1) is 0 Å². The van der Waals surface area contributed by atoms with Gasteiger partial charge in [-0.25, -0.2) is 8.78 Å². The predicted octanol–water partition coefficient (Wildman–Crippen LogP) is 5.88. The zero-order valence-electron chi connectivity index (χ0n) is 15.4. The lowest BCUT2D eigenvalue weighted by molar-refractivity contribution is -0.134. The van der Waals surface area contributed by atoms with Crippen LogP contribution in [0.5, 0.6) is 17.2 Å². The molecule has 0 saturated carbocycles. The van der Waals surface area contributed by atoms with Gasteiger partial charge in [0.15, 0.2) is 0 Å². The molecular formula is C20H21ClF2O4. The molecule has 0 aliphatic heterocycles. The van der Waals surface area contributed by atoms with Crippen molar-refractivity contribution in [2.75, 3.05) is 6.61 Å². The van der Waals surface area contributed by atoms with Crippen molar-refractivity contribution in [1.82, 2.24) is 0 Å². The molecule has 0 heterocycles. The van der Waals surface area contributed by atoms with Gasteiger partial charge in [-0.1, -0.05) is 24.6 Å². The number of benzene rings is 2. The Bertz CT molecular complexity index is 809. The van der Waals surface area contributed by atoms with Crippen molar-refractivity contribution in [3.8, 4) is 17.2 Å². The molecule has 0 aliphatic carbocycles. The third-order valence-electron chi connectivity index (χ3n) is 3.80. The van der Waals surface area contributed by atoms with Gasteiger partial charge in [-0.05, 0) is 43.7 Å².